The van der Waals surface area contributed by atoms with E-state index in [-0.39, 0.29) is 18.4 Å². The number of hydrogen-bond acceptors (Lipinski definition) is 2. The number of aliphatic hydroxyl groups excluding tert-OH is 1. The summed E-state index contributed by atoms with van der Waals surface area (Å²) >= 11 is 0. The van der Waals surface area contributed by atoms with Crippen LogP contribution in [0.5, 0.6) is 0 Å². The van der Waals surface area contributed by atoms with Gasteiger partial charge in [-0.05, 0) is 61.6 Å². The lowest BCUT2D eigenvalue weighted by molar-refractivity contribution is -0.121. The molecule has 21 heavy (non-hydrogen) atoms. The number of hydrogen-bond donors (Lipinski definition) is 2. The fraction of sp³-hybridized carbons (Fsp3) is 0.611. The van der Waals surface area contributed by atoms with E-state index in [9.17, 15) is 9.90 Å². The van der Waals surface area contributed by atoms with E-state index in [2.05, 4.69) is 19.2 Å². The summed E-state index contributed by atoms with van der Waals surface area (Å²) in [6.07, 6.45) is 4.30. The molecule has 1 aliphatic carbocycles. The maximum Gasteiger partial charge on any atom is 0.227 e. The van der Waals surface area contributed by atoms with Crippen LogP contribution in [0.1, 0.15) is 50.7 Å². The van der Waals surface area contributed by atoms with Gasteiger partial charge in [0.05, 0.1) is 6.61 Å². The second kappa shape index (κ2) is 7.08. The van der Waals surface area contributed by atoms with Crippen LogP contribution in [-0.2, 0) is 11.4 Å². The molecule has 0 heterocycles. The highest BCUT2D eigenvalue weighted by Gasteiger charge is 2.27. The molecule has 0 unspecified atom stereocenters. The Hall–Kier alpha value is -1.35. The Bertz CT molecular complexity index is 488. The molecule has 0 aliphatic heterocycles. The molecule has 0 saturated heterocycles. The molecule has 0 atom stereocenters. The van der Waals surface area contributed by atoms with Crippen molar-refractivity contribution in [1.29, 1.82) is 0 Å². The van der Waals surface area contributed by atoms with Crippen LogP contribution in [0.2, 0.25) is 0 Å². The Kier molecular flexibility index (Phi) is 5.40. The van der Waals surface area contributed by atoms with Crippen molar-refractivity contribution in [3.63, 3.8) is 0 Å². The van der Waals surface area contributed by atoms with Gasteiger partial charge in [-0.2, -0.15) is 0 Å². The van der Waals surface area contributed by atoms with Gasteiger partial charge in [-0.25, -0.2) is 0 Å². The highest BCUT2D eigenvalue weighted by molar-refractivity contribution is 5.93. The summed E-state index contributed by atoms with van der Waals surface area (Å²) in [7, 11) is 0. The zero-order chi connectivity index (χ0) is 15.4. The molecule has 3 heteroatoms. The smallest absolute Gasteiger partial charge is 0.227 e. The Morgan fingerprint density at radius 1 is 1.29 bits per heavy atom. The van der Waals surface area contributed by atoms with Crippen LogP contribution in [0.3, 0.4) is 0 Å². The minimum absolute atomic E-state index is 0.00263. The maximum atomic E-state index is 12.4. The predicted molar refractivity (Wildman–Crippen MR) is 86.0 cm³/mol. The first-order chi connectivity index (χ1) is 10.0. The summed E-state index contributed by atoms with van der Waals surface area (Å²) in [6, 6.07) is 5.70. The van der Waals surface area contributed by atoms with E-state index in [4.69, 9.17) is 0 Å². The van der Waals surface area contributed by atoms with Gasteiger partial charge in [0.15, 0.2) is 0 Å². The number of carbonyl (C=O) groups excluding carboxylic acids is 1. The van der Waals surface area contributed by atoms with Crippen molar-refractivity contribution < 1.29 is 9.90 Å². The van der Waals surface area contributed by atoms with E-state index >= 15 is 0 Å². The first kappa shape index (κ1) is 16.0. The molecule has 1 fully saturated rings. The lowest BCUT2D eigenvalue weighted by atomic mass is 9.76. The van der Waals surface area contributed by atoms with Gasteiger partial charge in [-0.1, -0.05) is 26.0 Å². The molecule has 0 bridgehead atoms. The van der Waals surface area contributed by atoms with E-state index < -0.39 is 0 Å². The van der Waals surface area contributed by atoms with Gasteiger partial charge in [0.2, 0.25) is 5.91 Å². The minimum Gasteiger partial charge on any atom is -0.392 e. The van der Waals surface area contributed by atoms with E-state index in [0.29, 0.717) is 0 Å². The number of aliphatic hydroxyl groups is 1. The van der Waals surface area contributed by atoms with Crippen LogP contribution in [0.25, 0.3) is 0 Å². The van der Waals surface area contributed by atoms with Crippen molar-refractivity contribution in [3.05, 3.63) is 29.3 Å². The third-order valence-electron chi connectivity index (χ3n) is 4.83. The lowest BCUT2D eigenvalue weighted by Crippen LogP contribution is -2.28. The van der Waals surface area contributed by atoms with E-state index in [0.717, 1.165) is 54.3 Å². The van der Waals surface area contributed by atoms with Crippen LogP contribution in [-0.4, -0.2) is 11.0 Å². The zero-order valence-electron chi connectivity index (χ0n) is 13.4. The van der Waals surface area contributed by atoms with Crippen LogP contribution < -0.4 is 5.32 Å². The summed E-state index contributed by atoms with van der Waals surface area (Å²) in [6.45, 7) is 6.53. The molecule has 2 N–H and O–H groups in total. The van der Waals surface area contributed by atoms with Crippen LogP contribution in [0.15, 0.2) is 18.2 Å². The van der Waals surface area contributed by atoms with Crippen molar-refractivity contribution in [2.24, 2.45) is 17.8 Å². The number of rotatable bonds is 4. The molecule has 1 aromatic carbocycles. The van der Waals surface area contributed by atoms with Gasteiger partial charge in [-0.15, -0.1) is 0 Å². The van der Waals surface area contributed by atoms with Gasteiger partial charge in [0.1, 0.15) is 0 Å². The van der Waals surface area contributed by atoms with E-state index in [1.807, 2.05) is 25.1 Å². The highest BCUT2D eigenvalue weighted by atomic mass is 16.3. The summed E-state index contributed by atoms with van der Waals surface area (Å²) in [5.41, 5.74) is 2.70. The average molecular weight is 289 g/mol. The Morgan fingerprint density at radius 3 is 2.52 bits per heavy atom. The fourth-order valence-electron chi connectivity index (χ4n) is 3.19. The topological polar surface area (TPSA) is 49.3 Å². The molecule has 3 nitrogen and oxygen atoms in total. The van der Waals surface area contributed by atoms with Gasteiger partial charge in [-0.3, -0.25) is 4.79 Å². The quantitative estimate of drug-likeness (QED) is 0.883. The molecule has 1 aliphatic rings. The fourth-order valence-corrected chi connectivity index (χ4v) is 3.19. The largest absolute Gasteiger partial charge is 0.392 e. The number of amides is 1. The summed E-state index contributed by atoms with van der Waals surface area (Å²) in [5.74, 6) is 1.76. The van der Waals surface area contributed by atoms with Crippen molar-refractivity contribution in [3.8, 4) is 0 Å². The van der Waals surface area contributed by atoms with Crippen molar-refractivity contribution in [1.82, 2.24) is 0 Å². The van der Waals surface area contributed by atoms with Crippen molar-refractivity contribution >= 4 is 11.6 Å². The number of aryl methyl sites for hydroxylation is 1. The average Bonchev–Trinajstić information content (AvgIpc) is 2.49. The number of carbonyl (C=O) groups is 1. The first-order valence-electron chi connectivity index (χ1n) is 8.02. The third-order valence-corrected chi connectivity index (χ3v) is 4.83. The second-order valence-corrected chi connectivity index (χ2v) is 6.65. The number of anilines is 1. The van der Waals surface area contributed by atoms with Gasteiger partial charge in [0.25, 0.3) is 0 Å². The van der Waals surface area contributed by atoms with Crippen molar-refractivity contribution in [2.75, 3.05) is 5.32 Å². The summed E-state index contributed by atoms with van der Waals surface area (Å²) in [5, 5.41) is 12.3. The Balaban J connectivity index is 1.96. The third kappa shape index (κ3) is 4.07. The zero-order valence-corrected chi connectivity index (χ0v) is 13.4. The number of benzene rings is 1. The summed E-state index contributed by atoms with van der Waals surface area (Å²) in [4.78, 5) is 12.4. The standard InChI is InChI=1S/C18H27NO2/c1-12(2)15-6-8-16(9-7-15)18(21)19-17-10-14(11-20)5-4-13(17)3/h4-5,10,12,15-16,20H,6-9,11H2,1-3H3,(H,19,21). The number of nitrogens with one attached hydrogen (secondary N) is 1. The molecule has 1 amide bonds. The molecule has 1 saturated carbocycles. The summed E-state index contributed by atoms with van der Waals surface area (Å²) < 4.78 is 0. The second-order valence-electron chi connectivity index (χ2n) is 6.65. The van der Waals surface area contributed by atoms with Crippen LogP contribution in [0, 0.1) is 24.7 Å². The van der Waals surface area contributed by atoms with Gasteiger partial charge < -0.3 is 10.4 Å². The van der Waals surface area contributed by atoms with E-state index in [1.165, 1.54) is 0 Å². The maximum absolute atomic E-state index is 12.4. The van der Waals surface area contributed by atoms with Crippen molar-refractivity contribution in [2.45, 2.75) is 53.1 Å². The SMILES string of the molecule is Cc1ccc(CO)cc1NC(=O)C1CCC(C(C)C)CC1. The lowest BCUT2D eigenvalue weighted by Gasteiger charge is -2.30. The van der Waals surface area contributed by atoms with Gasteiger partial charge >= 0.3 is 0 Å². The molecule has 0 spiro atoms. The molecule has 2 rings (SSSR count). The Labute approximate surface area is 127 Å². The van der Waals surface area contributed by atoms with Gasteiger partial charge in [0, 0.05) is 11.6 Å². The first-order valence-corrected chi connectivity index (χ1v) is 8.02. The van der Waals surface area contributed by atoms with Crippen LogP contribution >= 0.6 is 0 Å². The molecule has 1 aromatic rings. The minimum atomic E-state index is 0.00263. The molecular formula is C18H27NO2. The Morgan fingerprint density at radius 2 is 1.95 bits per heavy atom. The highest BCUT2D eigenvalue weighted by Crippen LogP contribution is 2.34. The molecule has 116 valence electrons. The van der Waals surface area contributed by atoms with Crippen LogP contribution in [0.4, 0.5) is 5.69 Å². The monoisotopic (exact) mass is 289 g/mol. The van der Waals surface area contributed by atoms with E-state index in [1.54, 1.807) is 0 Å². The molecule has 0 radical (unpaired) electrons. The molecular weight excluding hydrogens is 262 g/mol. The predicted octanol–water partition coefficient (Wildman–Crippen LogP) is 3.89. The molecule has 0 aromatic heterocycles. The normalized spacial score (nSPS) is 22.3.